The van der Waals surface area contributed by atoms with Gasteiger partial charge in [-0.1, -0.05) is 30.3 Å². The van der Waals surface area contributed by atoms with Gasteiger partial charge in [-0.25, -0.2) is 0 Å². The molecule has 0 aliphatic rings. The maximum absolute atomic E-state index is 12.0. The molecule has 0 aliphatic heterocycles. The second kappa shape index (κ2) is 5.47. The van der Waals surface area contributed by atoms with E-state index in [1.807, 2.05) is 49.4 Å². The first kappa shape index (κ1) is 12.3. The number of nitrogens with one attached hydrogen (secondary N) is 1. The Bertz CT molecular complexity index is 535. The van der Waals surface area contributed by atoms with Crippen LogP contribution in [0.15, 0.2) is 54.6 Å². The summed E-state index contributed by atoms with van der Waals surface area (Å²) >= 11 is 0. The minimum Gasteiger partial charge on any atom is -0.324 e. The van der Waals surface area contributed by atoms with Gasteiger partial charge in [-0.05, 0) is 36.8 Å². The van der Waals surface area contributed by atoms with Gasteiger partial charge in [-0.15, -0.1) is 0 Å². The predicted molar refractivity (Wildman–Crippen MR) is 73.4 cm³/mol. The molecule has 18 heavy (non-hydrogen) atoms. The fourth-order valence-electron chi connectivity index (χ4n) is 1.69. The van der Waals surface area contributed by atoms with Gasteiger partial charge in [0.1, 0.15) is 0 Å². The number of benzene rings is 2. The van der Waals surface area contributed by atoms with Crippen LogP contribution in [0.3, 0.4) is 0 Å². The fraction of sp³-hybridized carbons (Fsp3) is 0.133. The Labute approximate surface area is 107 Å². The summed E-state index contributed by atoms with van der Waals surface area (Å²) < 4.78 is 0. The zero-order valence-corrected chi connectivity index (χ0v) is 10.3. The van der Waals surface area contributed by atoms with Crippen LogP contribution in [-0.4, -0.2) is 5.91 Å². The van der Waals surface area contributed by atoms with Crippen LogP contribution in [0.2, 0.25) is 0 Å². The molecule has 3 N–H and O–H groups in total. The van der Waals surface area contributed by atoms with E-state index in [0.717, 1.165) is 11.3 Å². The number of carbonyl (C=O) groups is 1. The number of hydrogen-bond acceptors (Lipinski definition) is 2. The molecule has 0 aromatic heterocycles. The van der Waals surface area contributed by atoms with Crippen molar-refractivity contribution in [3.8, 4) is 0 Å². The summed E-state index contributed by atoms with van der Waals surface area (Å²) in [6, 6.07) is 16.7. The van der Waals surface area contributed by atoms with Crippen LogP contribution in [0.4, 0.5) is 5.69 Å². The van der Waals surface area contributed by atoms with Gasteiger partial charge >= 0.3 is 0 Å². The Balaban J connectivity index is 2.15. The summed E-state index contributed by atoms with van der Waals surface area (Å²) in [4.78, 5) is 12.0. The predicted octanol–water partition coefficient (Wildman–Crippen LogP) is 2.96. The molecule has 1 atom stereocenters. The first-order valence-electron chi connectivity index (χ1n) is 5.89. The molecular weight excluding hydrogens is 224 g/mol. The maximum atomic E-state index is 12.0. The molecule has 3 heteroatoms. The van der Waals surface area contributed by atoms with Crippen molar-refractivity contribution < 1.29 is 4.79 Å². The van der Waals surface area contributed by atoms with Crippen LogP contribution in [0.25, 0.3) is 0 Å². The second-order valence-electron chi connectivity index (χ2n) is 4.23. The van der Waals surface area contributed by atoms with Crippen molar-refractivity contribution in [1.29, 1.82) is 0 Å². The molecule has 0 saturated heterocycles. The van der Waals surface area contributed by atoms with E-state index in [1.165, 1.54) is 0 Å². The fourth-order valence-corrected chi connectivity index (χ4v) is 1.69. The number of carbonyl (C=O) groups excluding carboxylic acids is 1. The average Bonchev–Trinajstić information content (AvgIpc) is 2.40. The third kappa shape index (κ3) is 2.96. The summed E-state index contributed by atoms with van der Waals surface area (Å²) in [5.41, 5.74) is 8.22. The number of rotatable bonds is 3. The zero-order valence-electron chi connectivity index (χ0n) is 10.3. The third-order valence-corrected chi connectivity index (χ3v) is 2.71. The third-order valence-electron chi connectivity index (χ3n) is 2.71. The largest absolute Gasteiger partial charge is 0.324 e. The van der Waals surface area contributed by atoms with Crippen molar-refractivity contribution in [3.05, 3.63) is 65.7 Å². The van der Waals surface area contributed by atoms with Crippen molar-refractivity contribution in [2.24, 2.45) is 5.73 Å². The number of amides is 1. The molecule has 1 unspecified atom stereocenters. The lowest BCUT2D eigenvalue weighted by Crippen LogP contribution is -2.12. The topological polar surface area (TPSA) is 55.1 Å². The monoisotopic (exact) mass is 240 g/mol. The second-order valence-corrected chi connectivity index (χ2v) is 4.23. The van der Waals surface area contributed by atoms with Crippen molar-refractivity contribution >= 4 is 11.6 Å². The van der Waals surface area contributed by atoms with E-state index in [0.29, 0.717) is 5.56 Å². The first-order chi connectivity index (χ1) is 8.66. The van der Waals surface area contributed by atoms with E-state index in [1.54, 1.807) is 12.1 Å². The molecule has 0 fully saturated rings. The van der Waals surface area contributed by atoms with Crippen molar-refractivity contribution in [1.82, 2.24) is 0 Å². The molecule has 2 aromatic carbocycles. The molecule has 2 aromatic rings. The van der Waals surface area contributed by atoms with E-state index >= 15 is 0 Å². The van der Waals surface area contributed by atoms with Crippen LogP contribution in [0.1, 0.15) is 28.9 Å². The van der Waals surface area contributed by atoms with Crippen LogP contribution in [0.5, 0.6) is 0 Å². The summed E-state index contributed by atoms with van der Waals surface area (Å²) in [5, 5.41) is 2.86. The number of hydrogen-bond donors (Lipinski definition) is 2. The maximum Gasteiger partial charge on any atom is 0.255 e. The average molecular weight is 240 g/mol. The van der Waals surface area contributed by atoms with Gasteiger partial charge in [0.25, 0.3) is 5.91 Å². The highest BCUT2D eigenvalue weighted by atomic mass is 16.1. The summed E-state index contributed by atoms with van der Waals surface area (Å²) in [6.45, 7) is 1.91. The first-order valence-corrected chi connectivity index (χ1v) is 5.89. The standard InChI is InChI=1S/C15H16N2O/c1-11(16)13-8-5-9-14(10-13)17-15(18)12-6-3-2-4-7-12/h2-11H,16H2,1H3,(H,17,18). The lowest BCUT2D eigenvalue weighted by Gasteiger charge is -2.09. The van der Waals surface area contributed by atoms with Gasteiger partial charge in [0.2, 0.25) is 0 Å². The minimum atomic E-state index is -0.113. The van der Waals surface area contributed by atoms with E-state index in [-0.39, 0.29) is 11.9 Å². The Morgan fingerprint density at radius 1 is 1.11 bits per heavy atom. The molecule has 0 bridgehead atoms. The van der Waals surface area contributed by atoms with E-state index in [2.05, 4.69) is 5.32 Å². The molecule has 0 spiro atoms. The Kier molecular flexibility index (Phi) is 3.75. The van der Waals surface area contributed by atoms with Gasteiger partial charge in [0, 0.05) is 17.3 Å². The molecule has 0 radical (unpaired) electrons. The van der Waals surface area contributed by atoms with Gasteiger partial charge in [0.15, 0.2) is 0 Å². The van der Waals surface area contributed by atoms with Crippen LogP contribution < -0.4 is 11.1 Å². The van der Waals surface area contributed by atoms with Crippen molar-refractivity contribution in [3.63, 3.8) is 0 Å². The van der Waals surface area contributed by atoms with Crippen LogP contribution >= 0.6 is 0 Å². The SMILES string of the molecule is CC(N)c1cccc(NC(=O)c2ccccc2)c1. The molecule has 0 saturated carbocycles. The molecule has 2 rings (SSSR count). The number of anilines is 1. The summed E-state index contributed by atoms with van der Waals surface area (Å²) in [6.07, 6.45) is 0. The highest BCUT2D eigenvalue weighted by Gasteiger charge is 2.06. The van der Waals surface area contributed by atoms with Gasteiger partial charge < -0.3 is 11.1 Å². The quantitative estimate of drug-likeness (QED) is 0.866. The zero-order chi connectivity index (χ0) is 13.0. The van der Waals surface area contributed by atoms with Crippen LogP contribution in [-0.2, 0) is 0 Å². The Morgan fingerprint density at radius 3 is 2.50 bits per heavy atom. The van der Waals surface area contributed by atoms with Crippen molar-refractivity contribution in [2.75, 3.05) is 5.32 Å². The lowest BCUT2D eigenvalue weighted by molar-refractivity contribution is 0.102. The van der Waals surface area contributed by atoms with Gasteiger partial charge in [-0.3, -0.25) is 4.79 Å². The minimum absolute atomic E-state index is 0.0430. The van der Waals surface area contributed by atoms with Gasteiger partial charge in [0.05, 0.1) is 0 Å². The van der Waals surface area contributed by atoms with Crippen LogP contribution in [0, 0.1) is 0 Å². The smallest absolute Gasteiger partial charge is 0.255 e. The molecule has 0 heterocycles. The highest BCUT2D eigenvalue weighted by molar-refractivity contribution is 6.04. The van der Waals surface area contributed by atoms with Gasteiger partial charge in [-0.2, -0.15) is 0 Å². The number of nitrogens with two attached hydrogens (primary N) is 1. The molecule has 0 aliphatic carbocycles. The van der Waals surface area contributed by atoms with E-state index in [9.17, 15) is 4.79 Å². The molecule has 1 amide bonds. The van der Waals surface area contributed by atoms with E-state index < -0.39 is 0 Å². The summed E-state index contributed by atoms with van der Waals surface area (Å²) in [5.74, 6) is -0.113. The molecule has 3 nitrogen and oxygen atoms in total. The Hall–Kier alpha value is -2.13. The lowest BCUT2D eigenvalue weighted by atomic mass is 10.1. The molecule has 92 valence electrons. The highest BCUT2D eigenvalue weighted by Crippen LogP contribution is 2.16. The normalized spacial score (nSPS) is 11.9. The van der Waals surface area contributed by atoms with E-state index in [4.69, 9.17) is 5.73 Å². The summed E-state index contributed by atoms with van der Waals surface area (Å²) in [7, 11) is 0. The Morgan fingerprint density at radius 2 is 1.83 bits per heavy atom. The van der Waals surface area contributed by atoms with Crippen molar-refractivity contribution in [2.45, 2.75) is 13.0 Å². The molecular formula is C15H16N2O.